The number of carbonyl (C=O) groups is 2. The lowest BCUT2D eigenvalue weighted by atomic mass is 10.1. The van der Waals surface area contributed by atoms with Crippen molar-refractivity contribution in [2.24, 2.45) is 0 Å². The topological polar surface area (TPSA) is 78.5 Å². The van der Waals surface area contributed by atoms with E-state index in [9.17, 15) is 14.0 Å². The molecule has 7 nitrogen and oxygen atoms in total. The molecule has 126 valence electrons. The lowest BCUT2D eigenvalue weighted by Crippen LogP contribution is -2.38. The van der Waals surface area contributed by atoms with Crippen LogP contribution < -0.4 is 4.90 Å². The molecule has 1 atom stereocenters. The van der Waals surface area contributed by atoms with Crippen molar-refractivity contribution in [1.29, 1.82) is 0 Å². The molecular weight excluding hydrogens is 315 g/mol. The molecule has 1 saturated heterocycles. The molecule has 1 aromatic carbocycles. The molecule has 2 aromatic rings. The molecule has 1 N–H and O–H groups in total. The largest absolute Gasteiger partial charge is 0.423 e. The summed E-state index contributed by atoms with van der Waals surface area (Å²) in [7, 11) is 1.55. The Labute approximate surface area is 138 Å². The summed E-state index contributed by atoms with van der Waals surface area (Å²) < 4.78 is 19.6. The highest BCUT2D eigenvalue weighted by Gasteiger charge is 2.36. The molecule has 24 heavy (non-hydrogen) atoms. The first kappa shape index (κ1) is 16.0. The lowest BCUT2D eigenvalue weighted by Gasteiger charge is -2.20. The average molecular weight is 332 g/mol. The molecule has 0 spiro atoms. The van der Waals surface area contributed by atoms with Gasteiger partial charge in [0.15, 0.2) is 6.23 Å². The fourth-order valence-electron chi connectivity index (χ4n) is 2.58. The Morgan fingerprint density at radius 3 is 2.79 bits per heavy atom. The number of ether oxygens (including phenoxy) is 1. The van der Waals surface area contributed by atoms with E-state index in [1.807, 2.05) is 0 Å². The molecule has 1 aromatic heterocycles. The Hall–Kier alpha value is -2.90. The van der Waals surface area contributed by atoms with E-state index in [-0.39, 0.29) is 12.5 Å². The summed E-state index contributed by atoms with van der Waals surface area (Å²) >= 11 is 0. The number of benzene rings is 1. The highest BCUT2D eigenvalue weighted by molar-refractivity contribution is 5.90. The Balaban J connectivity index is 1.86. The number of likely N-dealkylation sites (N-methyl/N-ethyl adjacent to an activating group) is 1. The van der Waals surface area contributed by atoms with Crippen LogP contribution in [0.2, 0.25) is 0 Å². The minimum Gasteiger partial charge on any atom is -0.423 e. The molecule has 2 heterocycles. The van der Waals surface area contributed by atoms with E-state index >= 15 is 0 Å². The van der Waals surface area contributed by atoms with E-state index in [0.717, 1.165) is 5.69 Å². The number of amides is 2. The van der Waals surface area contributed by atoms with E-state index in [4.69, 9.17) is 4.74 Å². The first-order valence-electron chi connectivity index (χ1n) is 7.40. The Morgan fingerprint density at radius 2 is 2.21 bits per heavy atom. The maximum absolute atomic E-state index is 14.5. The number of nitrogens with one attached hydrogen (secondary N) is 1. The molecule has 0 bridgehead atoms. The summed E-state index contributed by atoms with van der Waals surface area (Å²) in [6.07, 6.45) is 0.253. The van der Waals surface area contributed by atoms with E-state index in [1.54, 1.807) is 32.3 Å². The summed E-state index contributed by atoms with van der Waals surface area (Å²) in [5, 5.41) is 6.64. The third-order valence-electron chi connectivity index (χ3n) is 4.11. The first-order valence-corrected chi connectivity index (χ1v) is 7.40. The molecule has 1 aliphatic rings. The van der Waals surface area contributed by atoms with Crippen LogP contribution in [0.15, 0.2) is 24.4 Å². The predicted molar refractivity (Wildman–Crippen MR) is 84.8 cm³/mol. The normalized spacial score (nSPS) is 17.1. The van der Waals surface area contributed by atoms with Gasteiger partial charge in [-0.25, -0.2) is 9.18 Å². The van der Waals surface area contributed by atoms with Gasteiger partial charge in [0.05, 0.1) is 18.4 Å². The zero-order valence-corrected chi connectivity index (χ0v) is 13.5. The summed E-state index contributed by atoms with van der Waals surface area (Å²) in [6, 6.07) is 4.51. The van der Waals surface area contributed by atoms with Gasteiger partial charge in [-0.2, -0.15) is 5.10 Å². The van der Waals surface area contributed by atoms with Crippen LogP contribution in [0, 0.1) is 12.7 Å². The number of carbonyl (C=O) groups excluding carboxylic acids is 2. The fourth-order valence-corrected chi connectivity index (χ4v) is 2.58. The Kier molecular flexibility index (Phi) is 3.96. The second-order valence-electron chi connectivity index (χ2n) is 5.65. The minimum atomic E-state index is -0.686. The van der Waals surface area contributed by atoms with Crippen molar-refractivity contribution < 1.29 is 18.7 Å². The van der Waals surface area contributed by atoms with Crippen molar-refractivity contribution in [3.05, 3.63) is 35.9 Å². The van der Waals surface area contributed by atoms with Gasteiger partial charge in [0.2, 0.25) is 5.91 Å². The first-order chi connectivity index (χ1) is 11.4. The third kappa shape index (κ3) is 2.70. The number of nitrogens with zero attached hydrogens (tertiary/aromatic N) is 3. The highest BCUT2D eigenvalue weighted by atomic mass is 19.1. The van der Waals surface area contributed by atoms with Crippen molar-refractivity contribution in [3.8, 4) is 11.1 Å². The molecule has 0 aliphatic carbocycles. The van der Waals surface area contributed by atoms with Crippen LogP contribution in [0.25, 0.3) is 11.1 Å². The molecule has 0 radical (unpaired) electrons. The average Bonchev–Trinajstić information content (AvgIpc) is 3.12. The van der Waals surface area contributed by atoms with Gasteiger partial charge in [-0.1, -0.05) is 0 Å². The van der Waals surface area contributed by atoms with Gasteiger partial charge in [-0.15, -0.1) is 0 Å². The number of H-pyrrole nitrogens is 1. The lowest BCUT2D eigenvalue weighted by molar-refractivity contribution is -0.134. The number of aromatic nitrogens is 2. The van der Waals surface area contributed by atoms with Gasteiger partial charge in [0.25, 0.3) is 0 Å². The molecule has 8 heteroatoms. The summed E-state index contributed by atoms with van der Waals surface area (Å²) in [6.45, 7) is 3.34. The second kappa shape index (κ2) is 5.95. The van der Waals surface area contributed by atoms with E-state index in [1.165, 1.54) is 22.8 Å². The van der Waals surface area contributed by atoms with Crippen molar-refractivity contribution >= 4 is 17.7 Å². The number of halogens is 1. The van der Waals surface area contributed by atoms with Crippen LogP contribution in [0.1, 0.15) is 12.6 Å². The minimum absolute atomic E-state index is 0.151. The molecule has 1 aliphatic heterocycles. The van der Waals surface area contributed by atoms with Crippen LogP contribution in [0.3, 0.4) is 0 Å². The van der Waals surface area contributed by atoms with Crippen molar-refractivity contribution in [1.82, 2.24) is 15.1 Å². The van der Waals surface area contributed by atoms with Crippen LogP contribution in [-0.2, 0) is 9.53 Å². The molecule has 0 saturated carbocycles. The van der Waals surface area contributed by atoms with Gasteiger partial charge in [-0.3, -0.25) is 14.8 Å². The zero-order chi connectivity index (χ0) is 17.4. The number of hydrogen-bond donors (Lipinski definition) is 1. The molecule has 3 rings (SSSR count). The SMILES string of the molecule is CC(=O)N(C)[C@@H]1CN(c2ccc(-c3cn[nH]c3C)c(F)c2)C(=O)O1. The van der Waals surface area contributed by atoms with Gasteiger partial charge in [-0.05, 0) is 25.1 Å². The maximum Gasteiger partial charge on any atom is 0.416 e. The number of aromatic amines is 1. The molecule has 0 unspecified atom stereocenters. The van der Waals surface area contributed by atoms with Crippen LogP contribution >= 0.6 is 0 Å². The number of anilines is 1. The van der Waals surface area contributed by atoms with E-state index < -0.39 is 18.1 Å². The van der Waals surface area contributed by atoms with E-state index in [0.29, 0.717) is 16.8 Å². The standard InChI is InChI=1S/C16H17FN4O3/c1-9-13(7-18-19-9)12-5-4-11(6-14(12)17)21-8-15(24-16(21)23)20(3)10(2)22/h4-7,15H,8H2,1-3H3,(H,18,19)/t15-/m0/s1. The van der Waals surface area contributed by atoms with Crippen molar-refractivity contribution in [2.75, 3.05) is 18.5 Å². The number of aryl methyl sites for hydroxylation is 1. The smallest absolute Gasteiger partial charge is 0.416 e. The monoisotopic (exact) mass is 332 g/mol. The van der Waals surface area contributed by atoms with Gasteiger partial charge >= 0.3 is 6.09 Å². The van der Waals surface area contributed by atoms with Gasteiger partial charge in [0.1, 0.15) is 5.82 Å². The van der Waals surface area contributed by atoms with E-state index in [2.05, 4.69) is 10.2 Å². The summed E-state index contributed by atoms with van der Waals surface area (Å²) in [4.78, 5) is 26.0. The van der Waals surface area contributed by atoms with Crippen LogP contribution in [0.5, 0.6) is 0 Å². The van der Waals surface area contributed by atoms with Crippen molar-refractivity contribution in [2.45, 2.75) is 20.1 Å². The fraction of sp³-hybridized carbons (Fsp3) is 0.312. The number of cyclic esters (lactones) is 1. The number of rotatable bonds is 3. The predicted octanol–water partition coefficient (Wildman–Crippen LogP) is 2.29. The Bertz CT molecular complexity index is 804. The number of hydrogen-bond acceptors (Lipinski definition) is 4. The molecule has 1 fully saturated rings. The molecular formula is C16H17FN4O3. The molecule has 2 amide bonds. The zero-order valence-electron chi connectivity index (χ0n) is 13.5. The highest BCUT2D eigenvalue weighted by Crippen LogP contribution is 2.30. The van der Waals surface area contributed by atoms with Gasteiger partial charge < -0.3 is 9.64 Å². The van der Waals surface area contributed by atoms with Crippen LogP contribution in [-0.4, -0.2) is 46.9 Å². The summed E-state index contributed by atoms with van der Waals surface area (Å²) in [5.74, 6) is -0.681. The van der Waals surface area contributed by atoms with Gasteiger partial charge in [0, 0.05) is 30.8 Å². The van der Waals surface area contributed by atoms with Crippen LogP contribution in [0.4, 0.5) is 14.9 Å². The Morgan fingerprint density at radius 1 is 1.46 bits per heavy atom. The maximum atomic E-state index is 14.5. The summed E-state index contributed by atoms with van der Waals surface area (Å²) in [5.41, 5.74) is 2.19. The van der Waals surface area contributed by atoms with Crippen molar-refractivity contribution in [3.63, 3.8) is 0 Å². The second-order valence-corrected chi connectivity index (χ2v) is 5.65. The third-order valence-corrected chi connectivity index (χ3v) is 4.11. The quantitative estimate of drug-likeness (QED) is 0.935.